The number of halogens is 6. The van der Waals surface area contributed by atoms with Gasteiger partial charge in [-0.25, -0.2) is 17.8 Å². The molecule has 0 aliphatic carbocycles. The maximum Gasteiger partial charge on any atom is 0.442 e. The van der Waals surface area contributed by atoms with Crippen molar-refractivity contribution in [1.82, 2.24) is 0 Å². The number of amides is 2. The molecule has 1 fully saturated rings. The van der Waals surface area contributed by atoms with Crippen molar-refractivity contribution in [3.05, 3.63) is 52.5 Å². The molecule has 1 N–H and O–H groups in total. The molecule has 0 unspecified atom stereocenters. The molecule has 1 aliphatic rings. The van der Waals surface area contributed by atoms with Gasteiger partial charge in [0.15, 0.2) is 0 Å². The standard InChI is InChI=1S/C25H27ClF5N3O4S/c1-23(2,3)38-22(36)33-39(4,37)16-7-5-6-15(12-16)32-21(35)17-13-19(26)18(25(29,30)31)14-20(17)34-10-8-24(27,28)9-11-34/h5-7,12-14H,8-11H2,1-4H3,(H,32,35)/t39-/m1/s1. The lowest BCUT2D eigenvalue weighted by Crippen LogP contribution is -2.40. The fourth-order valence-corrected chi connectivity index (χ4v) is 5.16. The molecule has 1 aliphatic heterocycles. The number of anilines is 2. The Morgan fingerprint density at radius 3 is 2.28 bits per heavy atom. The van der Waals surface area contributed by atoms with E-state index in [1.165, 1.54) is 35.4 Å². The average Bonchev–Trinajstić information content (AvgIpc) is 2.77. The molecule has 1 atom stereocenters. The van der Waals surface area contributed by atoms with E-state index in [0.29, 0.717) is 6.07 Å². The third kappa shape index (κ3) is 8.04. The highest BCUT2D eigenvalue weighted by atomic mass is 35.5. The summed E-state index contributed by atoms with van der Waals surface area (Å²) in [6, 6.07) is 7.09. The van der Waals surface area contributed by atoms with E-state index < -0.39 is 62.9 Å². The van der Waals surface area contributed by atoms with E-state index >= 15 is 0 Å². The Morgan fingerprint density at radius 2 is 1.72 bits per heavy atom. The summed E-state index contributed by atoms with van der Waals surface area (Å²) in [5.41, 5.74) is -2.44. The minimum absolute atomic E-state index is 0.0788. The zero-order chi connectivity index (χ0) is 29.4. The van der Waals surface area contributed by atoms with E-state index in [1.54, 1.807) is 20.8 Å². The third-order valence-corrected chi connectivity index (χ3v) is 7.58. The zero-order valence-corrected chi connectivity index (χ0v) is 23.1. The molecule has 39 heavy (non-hydrogen) atoms. The van der Waals surface area contributed by atoms with E-state index in [0.717, 1.165) is 6.07 Å². The SMILES string of the molecule is CC(C)(C)OC(=O)N=[S@](C)(=O)c1cccc(NC(=O)c2cc(Cl)c(C(F)(F)F)cc2N2CCC(F)(F)CC2)c1. The first-order valence-electron chi connectivity index (χ1n) is 11.7. The van der Waals surface area contributed by atoms with Crippen LogP contribution in [0.1, 0.15) is 49.5 Å². The summed E-state index contributed by atoms with van der Waals surface area (Å²) < 4.78 is 89.9. The zero-order valence-electron chi connectivity index (χ0n) is 21.5. The molecule has 214 valence electrons. The Morgan fingerprint density at radius 1 is 1.10 bits per heavy atom. The maximum absolute atomic E-state index is 13.7. The largest absolute Gasteiger partial charge is 0.442 e. The molecule has 1 heterocycles. The second kappa shape index (κ2) is 10.9. The van der Waals surface area contributed by atoms with Gasteiger partial charge in [0.2, 0.25) is 0 Å². The van der Waals surface area contributed by atoms with Crippen LogP contribution < -0.4 is 10.2 Å². The van der Waals surface area contributed by atoms with Gasteiger partial charge in [-0.3, -0.25) is 4.79 Å². The van der Waals surface area contributed by atoms with Gasteiger partial charge in [0.05, 0.1) is 31.6 Å². The number of hydrogen-bond acceptors (Lipinski definition) is 5. The molecule has 0 radical (unpaired) electrons. The molecule has 7 nitrogen and oxygen atoms in total. The van der Waals surface area contributed by atoms with Crippen LogP contribution in [0, 0.1) is 0 Å². The lowest BCUT2D eigenvalue weighted by molar-refractivity contribution is -0.137. The number of carbonyl (C=O) groups excluding carboxylic acids is 2. The van der Waals surface area contributed by atoms with E-state index in [1.807, 2.05) is 0 Å². The molecule has 3 rings (SSSR count). The van der Waals surface area contributed by atoms with Gasteiger partial charge in [0.25, 0.3) is 11.8 Å². The summed E-state index contributed by atoms with van der Waals surface area (Å²) in [5.74, 6) is -3.84. The minimum Gasteiger partial charge on any atom is -0.442 e. The first-order valence-corrected chi connectivity index (χ1v) is 14.0. The smallest absolute Gasteiger partial charge is 0.442 e. The fourth-order valence-electron chi connectivity index (χ4n) is 3.78. The predicted octanol–water partition coefficient (Wildman–Crippen LogP) is 7.24. The van der Waals surface area contributed by atoms with Crippen molar-refractivity contribution in [3.8, 4) is 0 Å². The topological polar surface area (TPSA) is 88.1 Å². The number of alkyl halides is 5. The molecule has 2 amide bonds. The van der Waals surface area contributed by atoms with Crippen LogP contribution in [0.15, 0.2) is 45.7 Å². The summed E-state index contributed by atoms with van der Waals surface area (Å²) in [7, 11) is -3.30. The first kappa shape index (κ1) is 30.6. The van der Waals surface area contributed by atoms with Gasteiger partial charge < -0.3 is 15.0 Å². The highest BCUT2D eigenvalue weighted by Crippen LogP contribution is 2.40. The summed E-state index contributed by atoms with van der Waals surface area (Å²) in [4.78, 5) is 26.7. The van der Waals surface area contributed by atoms with Gasteiger partial charge in [0, 0.05) is 42.8 Å². The van der Waals surface area contributed by atoms with Crippen LogP contribution in [0.4, 0.5) is 38.1 Å². The number of rotatable bonds is 4. The summed E-state index contributed by atoms with van der Waals surface area (Å²) in [6.45, 7) is 4.30. The van der Waals surface area contributed by atoms with Crippen molar-refractivity contribution in [3.63, 3.8) is 0 Å². The van der Waals surface area contributed by atoms with Crippen LogP contribution in [0.5, 0.6) is 0 Å². The van der Waals surface area contributed by atoms with E-state index in [-0.39, 0.29) is 34.9 Å². The number of nitrogens with zero attached hydrogens (tertiary/aromatic N) is 2. The van der Waals surface area contributed by atoms with Crippen LogP contribution in [-0.2, 0) is 20.6 Å². The summed E-state index contributed by atoms with van der Waals surface area (Å²) in [6.07, 6.45) is -5.86. The van der Waals surface area contributed by atoms with Crippen molar-refractivity contribution in [2.45, 2.75) is 56.2 Å². The average molecular weight is 596 g/mol. The van der Waals surface area contributed by atoms with Crippen LogP contribution >= 0.6 is 11.6 Å². The van der Waals surface area contributed by atoms with Crippen molar-refractivity contribution >= 4 is 44.7 Å². The highest BCUT2D eigenvalue weighted by Gasteiger charge is 2.38. The van der Waals surface area contributed by atoms with Gasteiger partial charge in [-0.1, -0.05) is 17.7 Å². The number of benzene rings is 2. The molecule has 0 spiro atoms. The van der Waals surface area contributed by atoms with E-state index in [9.17, 15) is 35.8 Å². The molecule has 1 saturated heterocycles. The summed E-state index contributed by atoms with van der Waals surface area (Å²) in [5, 5.41) is 1.77. The molecule has 0 aromatic heterocycles. The van der Waals surface area contributed by atoms with Crippen LogP contribution in [0.25, 0.3) is 0 Å². The quantitative estimate of drug-likeness (QED) is 0.377. The van der Waals surface area contributed by atoms with Gasteiger partial charge in [-0.2, -0.15) is 13.2 Å². The lowest BCUT2D eigenvalue weighted by Gasteiger charge is -2.34. The van der Waals surface area contributed by atoms with Crippen molar-refractivity contribution < 1.29 is 40.5 Å². The molecule has 2 aromatic carbocycles. The summed E-state index contributed by atoms with van der Waals surface area (Å²) >= 11 is 5.86. The number of ether oxygens (including phenoxy) is 1. The van der Waals surface area contributed by atoms with E-state index in [4.69, 9.17) is 16.3 Å². The number of piperidine rings is 1. The maximum atomic E-state index is 13.7. The molecular weight excluding hydrogens is 569 g/mol. The normalized spacial score (nSPS) is 17.2. The minimum atomic E-state index is -4.84. The van der Waals surface area contributed by atoms with Gasteiger partial charge in [-0.15, -0.1) is 4.36 Å². The Hall–Kier alpha value is -2.93. The Kier molecular flexibility index (Phi) is 8.57. The third-order valence-electron chi connectivity index (χ3n) is 5.64. The van der Waals surface area contributed by atoms with E-state index in [2.05, 4.69) is 9.68 Å². The van der Waals surface area contributed by atoms with Crippen molar-refractivity contribution in [1.29, 1.82) is 0 Å². The Balaban J connectivity index is 1.96. The number of nitrogens with one attached hydrogen (secondary N) is 1. The van der Waals surface area contributed by atoms with Crippen molar-refractivity contribution in [2.24, 2.45) is 4.36 Å². The van der Waals surface area contributed by atoms with Crippen LogP contribution in [0.3, 0.4) is 0 Å². The molecule has 0 bridgehead atoms. The monoisotopic (exact) mass is 595 g/mol. The predicted molar refractivity (Wildman–Crippen MR) is 138 cm³/mol. The first-order chi connectivity index (χ1) is 17.8. The molecular formula is C25H27ClF5N3O4S. The Labute approximate surface area is 227 Å². The van der Waals surface area contributed by atoms with Gasteiger partial charge in [0.1, 0.15) is 5.60 Å². The van der Waals surface area contributed by atoms with Gasteiger partial charge >= 0.3 is 12.3 Å². The van der Waals surface area contributed by atoms with Crippen LogP contribution in [0.2, 0.25) is 5.02 Å². The Bertz CT molecular complexity index is 1390. The lowest BCUT2D eigenvalue weighted by atomic mass is 10.0. The molecule has 2 aromatic rings. The molecule has 0 saturated carbocycles. The van der Waals surface area contributed by atoms with Crippen molar-refractivity contribution in [2.75, 3.05) is 29.6 Å². The second-order valence-electron chi connectivity index (χ2n) is 10.0. The fraction of sp³-hybridized carbons (Fsp3) is 0.440. The highest BCUT2D eigenvalue weighted by molar-refractivity contribution is 7.93. The van der Waals surface area contributed by atoms with Crippen LogP contribution in [-0.4, -0.2) is 47.1 Å². The number of hydrogen-bond donors (Lipinski definition) is 1. The second-order valence-corrected chi connectivity index (χ2v) is 12.7. The van der Waals surface area contributed by atoms with Gasteiger partial charge in [-0.05, 0) is 51.1 Å². The molecule has 14 heteroatoms. The number of carbonyl (C=O) groups is 2.